The molecule has 0 heterocycles. The van der Waals surface area contributed by atoms with Crippen LogP contribution in [0.2, 0.25) is 0 Å². The second kappa shape index (κ2) is 6.41. The number of unbranched alkanes of at least 4 members (excludes halogenated alkanes) is 2. The van der Waals surface area contributed by atoms with Gasteiger partial charge in [0, 0.05) is 12.3 Å². The molecule has 0 saturated heterocycles. The summed E-state index contributed by atoms with van der Waals surface area (Å²) >= 11 is 0. The van der Waals surface area contributed by atoms with Crippen molar-refractivity contribution in [2.75, 3.05) is 0 Å². The van der Waals surface area contributed by atoms with Gasteiger partial charge in [0.05, 0.1) is 5.92 Å². The summed E-state index contributed by atoms with van der Waals surface area (Å²) in [6, 6.07) is 0. The van der Waals surface area contributed by atoms with Crippen LogP contribution < -0.4 is 0 Å². The first-order chi connectivity index (χ1) is 7.96. The fourth-order valence-electron chi connectivity index (χ4n) is 2.64. The monoisotopic (exact) mass is 250 g/mol. The second-order valence-electron chi connectivity index (χ2n) is 4.96. The number of ketones is 1. The third-order valence-electron chi connectivity index (χ3n) is 3.63. The Balaban J connectivity index is 2.55. The van der Waals surface area contributed by atoms with Crippen molar-refractivity contribution >= 4 is 5.78 Å². The van der Waals surface area contributed by atoms with E-state index in [9.17, 15) is 18.0 Å². The fraction of sp³-hybridized carbons (Fsp3) is 0.923. The van der Waals surface area contributed by atoms with Gasteiger partial charge < -0.3 is 0 Å². The van der Waals surface area contributed by atoms with E-state index < -0.39 is 18.0 Å². The second-order valence-corrected chi connectivity index (χ2v) is 4.96. The molecule has 17 heavy (non-hydrogen) atoms. The molecule has 0 amide bonds. The summed E-state index contributed by atoms with van der Waals surface area (Å²) in [7, 11) is 0. The minimum absolute atomic E-state index is 0.133. The number of Topliss-reactive ketones (excluding diaryl/α,β-unsaturated/α-hetero) is 1. The van der Waals surface area contributed by atoms with Crippen LogP contribution in [0.5, 0.6) is 0 Å². The molecule has 0 radical (unpaired) electrons. The SMILES string of the molecule is CCCCCC(=O)C1CCCCC1C(F)(F)F. The lowest BCUT2D eigenvalue weighted by molar-refractivity contribution is -0.197. The van der Waals surface area contributed by atoms with Crippen LogP contribution in [0.1, 0.15) is 58.3 Å². The van der Waals surface area contributed by atoms with E-state index in [1.165, 1.54) is 0 Å². The van der Waals surface area contributed by atoms with Gasteiger partial charge in [-0.2, -0.15) is 13.2 Å². The normalized spacial score (nSPS) is 25.9. The van der Waals surface area contributed by atoms with Crippen molar-refractivity contribution in [3.63, 3.8) is 0 Å². The molecule has 100 valence electrons. The highest BCUT2D eigenvalue weighted by molar-refractivity contribution is 5.81. The largest absolute Gasteiger partial charge is 0.392 e. The highest BCUT2D eigenvalue weighted by Gasteiger charge is 2.47. The van der Waals surface area contributed by atoms with Gasteiger partial charge >= 0.3 is 6.18 Å². The van der Waals surface area contributed by atoms with Crippen molar-refractivity contribution in [1.29, 1.82) is 0 Å². The zero-order valence-corrected chi connectivity index (χ0v) is 10.4. The maximum atomic E-state index is 12.8. The van der Waals surface area contributed by atoms with Gasteiger partial charge in [-0.05, 0) is 19.3 Å². The zero-order valence-electron chi connectivity index (χ0n) is 10.4. The Morgan fingerprint density at radius 3 is 2.41 bits per heavy atom. The highest BCUT2D eigenvalue weighted by atomic mass is 19.4. The molecule has 0 aromatic carbocycles. The standard InChI is InChI=1S/C13H21F3O/c1-2-3-4-9-12(17)10-7-5-6-8-11(10)13(14,15)16/h10-11H,2-9H2,1H3. The Kier molecular flexibility index (Phi) is 5.47. The van der Waals surface area contributed by atoms with Crippen LogP contribution >= 0.6 is 0 Å². The van der Waals surface area contributed by atoms with Crippen molar-refractivity contribution in [3.05, 3.63) is 0 Å². The van der Waals surface area contributed by atoms with Gasteiger partial charge in [0.15, 0.2) is 0 Å². The van der Waals surface area contributed by atoms with E-state index in [1.807, 2.05) is 6.92 Å². The molecule has 0 aromatic rings. The molecule has 0 spiro atoms. The first-order valence-corrected chi connectivity index (χ1v) is 6.56. The van der Waals surface area contributed by atoms with Crippen LogP contribution in [-0.2, 0) is 4.79 Å². The van der Waals surface area contributed by atoms with Crippen LogP contribution in [0.3, 0.4) is 0 Å². The Bertz CT molecular complexity index is 248. The van der Waals surface area contributed by atoms with Gasteiger partial charge in [-0.25, -0.2) is 0 Å². The molecule has 0 aromatic heterocycles. The minimum atomic E-state index is -4.20. The number of carbonyl (C=O) groups is 1. The van der Waals surface area contributed by atoms with Gasteiger partial charge in [0.1, 0.15) is 5.78 Å². The first kappa shape index (κ1) is 14.5. The Labute approximate surface area is 101 Å². The van der Waals surface area contributed by atoms with Crippen LogP contribution in [0.15, 0.2) is 0 Å². The van der Waals surface area contributed by atoms with Gasteiger partial charge in [-0.15, -0.1) is 0 Å². The molecule has 1 fully saturated rings. The lowest BCUT2D eigenvalue weighted by Gasteiger charge is -2.32. The van der Waals surface area contributed by atoms with E-state index in [-0.39, 0.29) is 12.2 Å². The number of hydrogen-bond acceptors (Lipinski definition) is 1. The third kappa shape index (κ3) is 4.32. The summed E-state index contributed by atoms with van der Waals surface area (Å²) in [6.07, 6.45) is 0.686. The summed E-state index contributed by atoms with van der Waals surface area (Å²) < 4.78 is 38.4. The van der Waals surface area contributed by atoms with Gasteiger partial charge in [-0.1, -0.05) is 32.6 Å². The summed E-state index contributed by atoms with van der Waals surface area (Å²) in [4.78, 5) is 11.8. The van der Waals surface area contributed by atoms with Gasteiger partial charge in [0.2, 0.25) is 0 Å². The van der Waals surface area contributed by atoms with E-state index in [2.05, 4.69) is 0 Å². The molecular formula is C13H21F3O. The first-order valence-electron chi connectivity index (χ1n) is 6.56. The number of alkyl halides is 3. The molecule has 1 nitrogen and oxygen atoms in total. The van der Waals surface area contributed by atoms with E-state index in [4.69, 9.17) is 0 Å². The molecular weight excluding hydrogens is 229 g/mol. The molecule has 0 bridgehead atoms. The molecule has 1 aliphatic carbocycles. The minimum Gasteiger partial charge on any atom is -0.299 e. The fourth-order valence-corrected chi connectivity index (χ4v) is 2.64. The van der Waals surface area contributed by atoms with Crippen LogP contribution in [0.25, 0.3) is 0 Å². The molecule has 1 rings (SSSR count). The van der Waals surface area contributed by atoms with Crippen molar-refractivity contribution < 1.29 is 18.0 Å². The number of hydrogen-bond donors (Lipinski definition) is 0. The van der Waals surface area contributed by atoms with E-state index >= 15 is 0 Å². The lowest BCUT2D eigenvalue weighted by atomic mass is 9.75. The Hall–Kier alpha value is -0.540. The average Bonchev–Trinajstić information content (AvgIpc) is 2.28. The van der Waals surface area contributed by atoms with Crippen molar-refractivity contribution in [3.8, 4) is 0 Å². The maximum Gasteiger partial charge on any atom is 0.392 e. The van der Waals surface area contributed by atoms with E-state index in [0.717, 1.165) is 25.7 Å². The Morgan fingerprint density at radius 2 is 1.82 bits per heavy atom. The highest BCUT2D eigenvalue weighted by Crippen LogP contribution is 2.42. The Morgan fingerprint density at radius 1 is 1.18 bits per heavy atom. The van der Waals surface area contributed by atoms with Crippen molar-refractivity contribution in [2.24, 2.45) is 11.8 Å². The lowest BCUT2D eigenvalue weighted by Crippen LogP contribution is -2.37. The average molecular weight is 250 g/mol. The topological polar surface area (TPSA) is 17.1 Å². The van der Waals surface area contributed by atoms with Crippen LogP contribution in [0.4, 0.5) is 13.2 Å². The molecule has 1 aliphatic rings. The molecule has 2 unspecified atom stereocenters. The van der Waals surface area contributed by atoms with E-state index in [1.54, 1.807) is 0 Å². The summed E-state index contributed by atoms with van der Waals surface area (Å²) in [5.41, 5.74) is 0. The van der Waals surface area contributed by atoms with Crippen molar-refractivity contribution in [1.82, 2.24) is 0 Å². The quantitative estimate of drug-likeness (QED) is 0.656. The predicted octanol–water partition coefficient (Wildman–Crippen LogP) is 4.50. The molecule has 2 atom stereocenters. The van der Waals surface area contributed by atoms with Gasteiger partial charge in [-0.3, -0.25) is 4.79 Å². The smallest absolute Gasteiger partial charge is 0.299 e. The molecule has 0 aliphatic heterocycles. The summed E-state index contributed by atoms with van der Waals surface area (Å²) in [5, 5.41) is 0. The molecule has 0 N–H and O–H groups in total. The molecule has 4 heteroatoms. The number of rotatable bonds is 5. The molecule has 1 saturated carbocycles. The third-order valence-corrected chi connectivity index (χ3v) is 3.63. The zero-order chi connectivity index (χ0) is 12.9. The number of carbonyl (C=O) groups excluding carboxylic acids is 1. The maximum absolute atomic E-state index is 12.8. The number of halogens is 3. The van der Waals surface area contributed by atoms with Gasteiger partial charge in [0.25, 0.3) is 0 Å². The summed E-state index contributed by atoms with van der Waals surface area (Å²) in [5.74, 6) is -2.31. The summed E-state index contributed by atoms with van der Waals surface area (Å²) in [6.45, 7) is 2.02. The van der Waals surface area contributed by atoms with Crippen molar-refractivity contribution in [2.45, 2.75) is 64.5 Å². The van der Waals surface area contributed by atoms with Crippen LogP contribution in [0, 0.1) is 11.8 Å². The van der Waals surface area contributed by atoms with E-state index in [0.29, 0.717) is 19.3 Å². The van der Waals surface area contributed by atoms with Crippen LogP contribution in [-0.4, -0.2) is 12.0 Å². The predicted molar refractivity (Wildman–Crippen MR) is 60.7 cm³/mol.